The average molecular weight is 226 g/mol. The first-order valence-electron chi connectivity index (χ1n) is 7.28. The highest BCUT2D eigenvalue weighted by Gasteiger charge is 2.08. The first-order valence-corrected chi connectivity index (χ1v) is 7.28. The van der Waals surface area contributed by atoms with Gasteiger partial charge in [0.15, 0.2) is 0 Å². The topological polar surface area (TPSA) is 15.3 Å². The number of hydrogen-bond acceptors (Lipinski definition) is 2. The van der Waals surface area contributed by atoms with E-state index in [1.165, 1.54) is 71.1 Å². The molecule has 1 aliphatic heterocycles. The van der Waals surface area contributed by atoms with Crippen LogP contribution in [0.15, 0.2) is 0 Å². The van der Waals surface area contributed by atoms with Crippen LogP contribution in [0.5, 0.6) is 0 Å². The third-order valence-corrected chi connectivity index (χ3v) is 3.56. The predicted molar refractivity (Wildman–Crippen MR) is 71.9 cm³/mol. The number of hydrogen-bond donors (Lipinski definition) is 1. The van der Waals surface area contributed by atoms with Crippen molar-refractivity contribution in [1.29, 1.82) is 0 Å². The van der Waals surface area contributed by atoms with Crippen LogP contribution in [0.4, 0.5) is 0 Å². The maximum Gasteiger partial charge on any atom is 0.00386 e. The van der Waals surface area contributed by atoms with Crippen molar-refractivity contribution in [3.63, 3.8) is 0 Å². The minimum atomic E-state index is 0.703. The Hall–Kier alpha value is -0.0800. The van der Waals surface area contributed by atoms with Crippen molar-refractivity contribution in [2.75, 3.05) is 26.2 Å². The summed E-state index contributed by atoms with van der Waals surface area (Å²) in [5.41, 5.74) is 0. The van der Waals surface area contributed by atoms with Crippen molar-refractivity contribution in [3.05, 3.63) is 0 Å². The van der Waals surface area contributed by atoms with Crippen LogP contribution in [-0.4, -0.2) is 37.1 Å². The molecule has 0 bridgehead atoms. The molecule has 2 heteroatoms. The number of rotatable bonds is 7. The summed E-state index contributed by atoms with van der Waals surface area (Å²) in [6.07, 6.45) is 9.64. The van der Waals surface area contributed by atoms with Crippen molar-refractivity contribution in [3.8, 4) is 0 Å². The molecule has 1 unspecified atom stereocenters. The maximum atomic E-state index is 3.61. The highest BCUT2D eigenvalue weighted by atomic mass is 15.1. The van der Waals surface area contributed by atoms with Gasteiger partial charge in [0.05, 0.1) is 0 Å². The molecule has 1 saturated heterocycles. The van der Waals surface area contributed by atoms with Crippen LogP contribution in [0.1, 0.15) is 58.8 Å². The molecule has 0 aromatic rings. The van der Waals surface area contributed by atoms with E-state index in [9.17, 15) is 0 Å². The zero-order valence-corrected chi connectivity index (χ0v) is 11.3. The first kappa shape index (κ1) is 14.0. The monoisotopic (exact) mass is 226 g/mol. The van der Waals surface area contributed by atoms with Crippen LogP contribution >= 0.6 is 0 Å². The van der Waals surface area contributed by atoms with E-state index in [4.69, 9.17) is 0 Å². The lowest BCUT2D eigenvalue weighted by Gasteiger charge is -2.20. The summed E-state index contributed by atoms with van der Waals surface area (Å²) >= 11 is 0. The molecule has 0 amide bonds. The number of nitrogens with one attached hydrogen (secondary N) is 1. The highest BCUT2D eigenvalue weighted by Crippen LogP contribution is 2.09. The summed E-state index contributed by atoms with van der Waals surface area (Å²) in [5, 5.41) is 3.61. The first-order chi connectivity index (χ1) is 7.83. The van der Waals surface area contributed by atoms with Crippen molar-refractivity contribution in [2.24, 2.45) is 0 Å². The van der Waals surface area contributed by atoms with E-state index in [0.29, 0.717) is 6.04 Å². The van der Waals surface area contributed by atoms with E-state index in [1.54, 1.807) is 0 Å². The molecule has 0 saturated carbocycles. The molecule has 0 aromatic heterocycles. The fourth-order valence-corrected chi connectivity index (χ4v) is 2.55. The van der Waals surface area contributed by atoms with E-state index in [-0.39, 0.29) is 0 Å². The average Bonchev–Trinajstić information content (AvgIpc) is 2.53. The van der Waals surface area contributed by atoms with Crippen LogP contribution in [0.25, 0.3) is 0 Å². The maximum absolute atomic E-state index is 3.61. The molecule has 0 radical (unpaired) electrons. The van der Waals surface area contributed by atoms with Crippen LogP contribution in [-0.2, 0) is 0 Å². The Morgan fingerprint density at radius 1 is 1.12 bits per heavy atom. The van der Waals surface area contributed by atoms with Crippen molar-refractivity contribution < 1.29 is 0 Å². The molecule has 1 rings (SSSR count). The second kappa shape index (κ2) is 9.00. The van der Waals surface area contributed by atoms with E-state index in [1.807, 2.05) is 0 Å². The zero-order valence-electron chi connectivity index (χ0n) is 11.3. The Balaban J connectivity index is 1.97. The van der Waals surface area contributed by atoms with Crippen molar-refractivity contribution >= 4 is 0 Å². The van der Waals surface area contributed by atoms with Crippen molar-refractivity contribution in [2.45, 2.75) is 64.8 Å². The fourth-order valence-electron chi connectivity index (χ4n) is 2.55. The zero-order chi connectivity index (χ0) is 11.6. The molecule has 1 N–H and O–H groups in total. The molecule has 1 atom stereocenters. The largest absolute Gasteiger partial charge is 0.314 e. The van der Waals surface area contributed by atoms with E-state index >= 15 is 0 Å². The van der Waals surface area contributed by atoms with Gasteiger partial charge in [-0.25, -0.2) is 0 Å². The van der Waals surface area contributed by atoms with Gasteiger partial charge in [-0.3, -0.25) is 0 Å². The lowest BCUT2D eigenvalue weighted by molar-refractivity contribution is 0.278. The van der Waals surface area contributed by atoms with Gasteiger partial charge >= 0.3 is 0 Å². The Labute approximate surface area is 102 Å². The summed E-state index contributed by atoms with van der Waals surface area (Å²) in [4.78, 5) is 2.65. The molecule has 2 nitrogen and oxygen atoms in total. The molecule has 0 aliphatic carbocycles. The van der Waals surface area contributed by atoms with Gasteiger partial charge in [-0.15, -0.1) is 0 Å². The number of likely N-dealkylation sites (tertiary alicyclic amines) is 1. The number of nitrogens with zero attached hydrogens (tertiary/aromatic N) is 1. The summed E-state index contributed by atoms with van der Waals surface area (Å²) < 4.78 is 0. The summed E-state index contributed by atoms with van der Waals surface area (Å²) in [7, 11) is 0. The SMILES string of the molecule is CCCC(C)NCCCN1CCCCCC1. The molecule has 0 spiro atoms. The fraction of sp³-hybridized carbons (Fsp3) is 1.00. The predicted octanol–water partition coefficient (Wildman–Crippen LogP) is 3.03. The molecule has 0 aromatic carbocycles. The second-order valence-corrected chi connectivity index (χ2v) is 5.25. The normalized spacial score (nSPS) is 20.6. The van der Waals surface area contributed by atoms with Crippen LogP contribution in [0.3, 0.4) is 0 Å². The summed E-state index contributed by atoms with van der Waals surface area (Å²) in [6.45, 7) is 9.73. The quantitative estimate of drug-likeness (QED) is 0.671. The summed E-state index contributed by atoms with van der Waals surface area (Å²) in [5.74, 6) is 0. The minimum absolute atomic E-state index is 0.703. The lowest BCUT2D eigenvalue weighted by Crippen LogP contribution is -2.31. The van der Waals surface area contributed by atoms with Gasteiger partial charge in [-0.05, 0) is 58.8 Å². The minimum Gasteiger partial charge on any atom is -0.314 e. The molecule has 1 fully saturated rings. The van der Waals surface area contributed by atoms with Crippen LogP contribution in [0.2, 0.25) is 0 Å². The van der Waals surface area contributed by atoms with E-state index in [0.717, 1.165) is 0 Å². The highest BCUT2D eigenvalue weighted by molar-refractivity contribution is 4.65. The van der Waals surface area contributed by atoms with E-state index < -0.39 is 0 Å². The van der Waals surface area contributed by atoms with Gasteiger partial charge in [0.25, 0.3) is 0 Å². The van der Waals surface area contributed by atoms with Gasteiger partial charge in [-0.1, -0.05) is 26.2 Å². The summed E-state index contributed by atoms with van der Waals surface area (Å²) in [6, 6.07) is 0.703. The molecular formula is C14H30N2. The van der Waals surface area contributed by atoms with Gasteiger partial charge < -0.3 is 10.2 Å². The lowest BCUT2D eigenvalue weighted by atomic mass is 10.2. The molecular weight excluding hydrogens is 196 g/mol. The van der Waals surface area contributed by atoms with Gasteiger partial charge in [0, 0.05) is 6.04 Å². The molecule has 1 aliphatic rings. The smallest absolute Gasteiger partial charge is 0.00386 e. The van der Waals surface area contributed by atoms with Gasteiger partial charge in [-0.2, -0.15) is 0 Å². The third kappa shape index (κ3) is 6.49. The van der Waals surface area contributed by atoms with E-state index in [2.05, 4.69) is 24.1 Å². The van der Waals surface area contributed by atoms with Gasteiger partial charge in [0.2, 0.25) is 0 Å². The van der Waals surface area contributed by atoms with Crippen LogP contribution in [0, 0.1) is 0 Å². The second-order valence-electron chi connectivity index (χ2n) is 5.25. The standard InChI is InChI=1S/C14H30N2/c1-3-9-14(2)15-10-8-13-16-11-6-4-5-7-12-16/h14-15H,3-13H2,1-2H3. The molecule has 16 heavy (non-hydrogen) atoms. The Kier molecular flexibility index (Phi) is 7.87. The Morgan fingerprint density at radius 2 is 1.81 bits per heavy atom. The molecule has 96 valence electrons. The molecule has 1 heterocycles. The van der Waals surface area contributed by atoms with Crippen LogP contribution < -0.4 is 5.32 Å². The Morgan fingerprint density at radius 3 is 2.44 bits per heavy atom. The van der Waals surface area contributed by atoms with Gasteiger partial charge in [0.1, 0.15) is 0 Å². The Bertz CT molecular complexity index is 151. The van der Waals surface area contributed by atoms with Crippen molar-refractivity contribution in [1.82, 2.24) is 10.2 Å². The third-order valence-electron chi connectivity index (χ3n) is 3.56.